The smallest absolute Gasteiger partial charge is 0.279 e. The summed E-state index contributed by atoms with van der Waals surface area (Å²) in [6.07, 6.45) is -2.13. The second-order valence-electron chi connectivity index (χ2n) is 9.57. The average Bonchev–Trinajstić information content (AvgIpc) is 3.43. The fourth-order valence-corrected chi connectivity index (χ4v) is 4.79. The highest BCUT2D eigenvalue weighted by Crippen LogP contribution is 2.40. The molecular weight excluding hydrogens is 529 g/mol. The van der Waals surface area contributed by atoms with E-state index in [0.29, 0.717) is 17.1 Å². The Bertz CT molecular complexity index is 1350. The Morgan fingerprint density at radius 2 is 1.97 bits per heavy atom. The summed E-state index contributed by atoms with van der Waals surface area (Å²) in [5.74, 6) is -0.546. The van der Waals surface area contributed by atoms with Crippen molar-refractivity contribution in [3.63, 3.8) is 0 Å². The van der Waals surface area contributed by atoms with Gasteiger partial charge < -0.3 is 23.8 Å². The number of methoxy groups -OCH3 is 1. The van der Waals surface area contributed by atoms with Crippen LogP contribution in [0, 0.1) is 5.82 Å². The summed E-state index contributed by atoms with van der Waals surface area (Å²) in [6.45, 7) is 1.90. The first-order valence-electron chi connectivity index (χ1n) is 12.4. The van der Waals surface area contributed by atoms with Gasteiger partial charge in [0.15, 0.2) is 12.4 Å². The third-order valence-electron chi connectivity index (χ3n) is 6.89. The topological polar surface area (TPSA) is 100 Å². The van der Waals surface area contributed by atoms with E-state index in [2.05, 4.69) is 15.3 Å². The highest BCUT2D eigenvalue weighted by molar-refractivity contribution is 6.30. The van der Waals surface area contributed by atoms with Crippen LogP contribution in [0.2, 0.25) is 5.02 Å². The van der Waals surface area contributed by atoms with Crippen molar-refractivity contribution in [1.29, 1.82) is 0 Å². The number of nitrogens with zero attached hydrogens (tertiary/aromatic N) is 5. The van der Waals surface area contributed by atoms with Crippen LogP contribution < -0.4 is 0 Å². The average molecular weight is 558 g/mol. The number of fused-ring (bicyclic) bond motifs is 1. The highest BCUT2D eigenvalue weighted by Gasteiger charge is 2.53. The van der Waals surface area contributed by atoms with Gasteiger partial charge >= 0.3 is 0 Å². The van der Waals surface area contributed by atoms with Crippen molar-refractivity contribution < 1.29 is 28.1 Å². The first kappa shape index (κ1) is 27.4. The van der Waals surface area contributed by atoms with Crippen molar-refractivity contribution in [2.24, 2.45) is 4.99 Å². The number of carbonyl (C=O) groups excluding carboxylic acids is 1. The Hall–Kier alpha value is -3.22. The predicted octanol–water partition coefficient (Wildman–Crippen LogP) is 3.68. The van der Waals surface area contributed by atoms with E-state index in [0.717, 1.165) is 5.56 Å². The lowest BCUT2D eigenvalue weighted by Gasteiger charge is -2.48. The molecule has 3 aromatic rings. The molecule has 0 bridgehead atoms. The van der Waals surface area contributed by atoms with Crippen molar-refractivity contribution in [1.82, 2.24) is 19.9 Å². The molecule has 5 rings (SSSR count). The fraction of sp³-hybridized carbons (Fsp3) is 0.407. The zero-order valence-electron chi connectivity index (χ0n) is 21.9. The van der Waals surface area contributed by atoms with Gasteiger partial charge in [-0.2, -0.15) is 4.99 Å². The number of hydrogen-bond donors (Lipinski definition) is 0. The second-order valence-corrected chi connectivity index (χ2v) is 9.97. The van der Waals surface area contributed by atoms with E-state index in [4.69, 9.17) is 30.5 Å². The van der Waals surface area contributed by atoms with Gasteiger partial charge in [0.25, 0.3) is 5.91 Å². The molecule has 2 fully saturated rings. The molecule has 2 saturated heterocycles. The molecule has 0 aliphatic carbocycles. The van der Waals surface area contributed by atoms with Crippen molar-refractivity contribution in [3.8, 4) is 11.3 Å². The summed E-state index contributed by atoms with van der Waals surface area (Å²) in [5, 5.41) is 8.61. The summed E-state index contributed by atoms with van der Waals surface area (Å²) in [6, 6.07) is 13.3. The molecule has 1 unspecified atom stereocenters. The second kappa shape index (κ2) is 11.5. The van der Waals surface area contributed by atoms with Gasteiger partial charge in [0, 0.05) is 32.3 Å². The largest absolute Gasteiger partial charge is 0.376 e. The summed E-state index contributed by atoms with van der Waals surface area (Å²) in [7, 11) is 5.08. The Kier molecular flexibility index (Phi) is 8.06. The summed E-state index contributed by atoms with van der Waals surface area (Å²) >= 11 is 5.85. The molecule has 0 radical (unpaired) electrons. The first-order valence-corrected chi connectivity index (χ1v) is 12.8. The van der Waals surface area contributed by atoms with Crippen LogP contribution in [0.5, 0.6) is 0 Å². The molecule has 0 N–H and O–H groups in total. The highest BCUT2D eigenvalue weighted by atomic mass is 35.5. The predicted molar refractivity (Wildman–Crippen MR) is 141 cm³/mol. The van der Waals surface area contributed by atoms with Crippen LogP contribution in [-0.4, -0.2) is 83.9 Å². The van der Waals surface area contributed by atoms with Crippen LogP contribution in [0.4, 0.5) is 4.39 Å². The van der Waals surface area contributed by atoms with E-state index < -0.39 is 48.5 Å². The Labute approximate surface area is 230 Å². The third-order valence-corrected chi connectivity index (χ3v) is 7.20. The van der Waals surface area contributed by atoms with Gasteiger partial charge in [0.2, 0.25) is 0 Å². The van der Waals surface area contributed by atoms with Gasteiger partial charge in [-0.15, -0.1) is 5.10 Å². The quantitative estimate of drug-likeness (QED) is 0.346. The summed E-state index contributed by atoms with van der Waals surface area (Å²) in [5.41, 5.74) is 1.75. The molecule has 10 nitrogen and oxygen atoms in total. The molecule has 1 amide bonds. The van der Waals surface area contributed by atoms with Gasteiger partial charge in [-0.25, -0.2) is 9.07 Å². The number of rotatable bonds is 5. The molecule has 1 aromatic heterocycles. The van der Waals surface area contributed by atoms with E-state index >= 15 is 0 Å². The van der Waals surface area contributed by atoms with Crippen LogP contribution in [0.1, 0.15) is 24.8 Å². The molecule has 12 heteroatoms. The van der Waals surface area contributed by atoms with Gasteiger partial charge in [0.1, 0.15) is 41.7 Å². The van der Waals surface area contributed by atoms with Crippen molar-refractivity contribution in [3.05, 3.63) is 71.1 Å². The first-order chi connectivity index (χ1) is 18.8. The van der Waals surface area contributed by atoms with Gasteiger partial charge in [-0.1, -0.05) is 53.2 Å². The molecule has 6 atom stereocenters. The standard InChI is InChI=1S/C27H29ClFN5O5/c1-15(33(2)3)30-26(35)25-24(36-4)22(34-13-20(31-32-34)17-10-11-18(28)19(29)12-17)23-21(38-25)14-37-27(39-23)16-8-6-5-7-9-16/h5-13,21-25,27H,14H2,1-4H3/t21-,22+,23+,24-,25-,27?/m1/s1. The normalized spacial score (nSPS) is 27.2. The van der Waals surface area contributed by atoms with Gasteiger partial charge in [-0.3, -0.25) is 4.79 Å². The SMILES string of the molecule is CO[C@@H]1[C@@H](n2cc(-c3ccc(Cl)c(F)c3)nn2)[C@H]2OC(c3ccccc3)OC[C@H]2O[C@H]1C(=O)N=C(C)N(C)C. The minimum Gasteiger partial charge on any atom is -0.376 e. The summed E-state index contributed by atoms with van der Waals surface area (Å²) in [4.78, 5) is 19.3. The molecule has 206 valence electrons. The van der Waals surface area contributed by atoms with E-state index in [1.165, 1.54) is 19.2 Å². The molecular formula is C27H29ClFN5O5. The molecule has 2 aliphatic heterocycles. The van der Waals surface area contributed by atoms with Crippen LogP contribution >= 0.6 is 11.6 Å². The maximum absolute atomic E-state index is 14.2. The summed E-state index contributed by atoms with van der Waals surface area (Å²) < 4.78 is 40.2. The molecule has 3 heterocycles. The molecule has 39 heavy (non-hydrogen) atoms. The molecule has 2 aliphatic rings. The third kappa shape index (κ3) is 5.59. The Morgan fingerprint density at radius 1 is 1.21 bits per heavy atom. The van der Waals surface area contributed by atoms with Gasteiger partial charge in [-0.05, 0) is 19.1 Å². The number of aliphatic imine (C=N–C) groups is 1. The lowest BCUT2D eigenvalue weighted by molar-refractivity contribution is -0.314. The van der Waals surface area contributed by atoms with Crippen LogP contribution in [0.25, 0.3) is 11.3 Å². The Morgan fingerprint density at radius 3 is 2.67 bits per heavy atom. The zero-order valence-corrected chi connectivity index (χ0v) is 22.7. The molecule has 2 aromatic carbocycles. The fourth-order valence-electron chi connectivity index (χ4n) is 4.68. The van der Waals surface area contributed by atoms with Crippen molar-refractivity contribution >= 4 is 23.3 Å². The number of carbonyl (C=O) groups is 1. The zero-order chi connectivity index (χ0) is 27.7. The Balaban J connectivity index is 1.53. The number of amides is 1. The van der Waals surface area contributed by atoms with Crippen molar-refractivity contribution in [2.75, 3.05) is 27.8 Å². The van der Waals surface area contributed by atoms with E-state index in [1.807, 2.05) is 30.3 Å². The number of ether oxygens (including phenoxy) is 4. The van der Waals surface area contributed by atoms with Crippen LogP contribution in [0.3, 0.4) is 0 Å². The lowest BCUT2D eigenvalue weighted by atomic mass is 9.91. The van der Waals surface area contributed by atoms with E-state index in [-0.39, 0.29) is 11.6 Å². The minimum absolute atomic E-state index is 0.00958. The number of amidine groups is 1. The van der Waals surface area contributed by atoms with Gasteiger partial charge in [0.05, 0.1) is 17.8 Å². The van der Waals surface area contributed by atoms with Crippen LogP contribution in [-0.2, 0) is 23.7 Å². The number of hydrogen-bond acceptors (Lipinski definition) is 7. The maximum Gasteiger partial charge on any atom is 0.279 e. The van der Waals surface area contributed by atoms with Crippen molar-refractivity contribution in [2.45, 2.75) is 43.7 Å². The lowest BCUT2D eigenvalue weighted by Crippen LogP contribution is -2.61. The van der Waals surface area contributed by atoms with Crippen LogP contribution in [0.15, 0.2) is 59.7 Å². The monoisotopic (exact) mass is 557 g/mol. The number of aromatic nitrogens is 3. The van der Waals surface area contributed by atoms with E-state index in [1.54, 1.807) is 42.9 Å². The number of benzene rings is 2. The molecule has 0 saturated carbocycles. The van der Waals surface area contributed by atoms with E-state index in [9.17, 15) is 9.18 Å². The molecule has 0 spiro atoms. The minimum atomic E-state index is -1.06. The maximum atomic E-state index is 14.2. The number of halogens is 2.